The van der Waals surface area contributed by atoms with Gasteiger partial charge in [0.05, 0.1) is 0 Å². The fraction of sp³-hybridized carbons (Fsp3) is 0.500. The normalized spacial score (nSPS) is 10.0. The number of halogens is 4. The van der Waals surface area contributed by atoms with Gasteiger partial charge in [0.2, 0.25) is 0 Å². The van der Waals surface area contributed by atoms with Gasteiger partial charge in [-0.1, -0.05) is 0 Å². The van der Waals surface area contributed by atoms with E-state index in [1.807, 2.05) is 0 Å². The van der Waals surface area contributed by atoms with Crippen LogP contribution in [0.15, 0.2) is 0 Å². The van der Waals surface area contributed by atoms with Crippen LogP contribution in [0, 0.1) is 7.43 Å². The number of alkyl halides is 4. The second-order valence-corrected chi connectivity index (χ2v) is 2.57. The summed E-state index contributed by atoms with van der Waals surface area (Å²) in [6.07, 6.45) is 0. The minimum atomic E-state index is -2.58. The summed E-state index contributed by atoms with van der Waals surface area (Å²) < 4.78 is 8.40. The van der Waals surface area contributed by atoms with E-state index in [-0.39, 0.29) is 7.43 Å². The SMILES string of the molecule is FC(Cl)(Cl)Cl.[C]. The molecule has 0 aliphatic heterocycles. The first kappa shape index (κ1) is 9.93. The molecule has 0 saturated carbocycles. The Kier molecular flexibility index (Phi) is 4.78. The van der Waals surface area contributed by atoms with E-state index in [4.69, 9.17) is 0 Å². The molecule has 0 N–H and O–H groups in total. The maximum atomic E-state index is 11.0. The molecule has 0 aromatic rings. The highest BCUT2D eigenvalue weighted by atomic mass is 35.6. The van der Waals surface area contributed by atoms with Crippen molar-refractivity contribution in [3.8, 4) is 0 Å². The van der Waals surface area contributed by atoms with Gasteiger partial charge in [0.1, 0.15) is 0 Å². The van der Waals surface area contributed by atoms with Gasteiger partial charge in [-0.25, -0.2) is 0 Å². The Morgan fingerprint density at radius 2 is 1.17 bits per heavy atom. The van der Waals surface area contributed by atoms with Crippen LogP contribution in [0.25, 0.3) is 0 Å². The van der Waals surface area contributed by atoms with E-state index in [0.717, 1.165) is 0 Å². The van der Waals surface area contributed by atoms with Crippen molar-refractivity contribution in [2.24, 2.45) is 0 Å². The second kappa shape index (κ2) is 2.89. The lowest BCUT2D eigenvalue weighted by molar-refractivity contribution is 0.507. The summed E-state index contributed by atoms with van der Waals surface area (Å²) in [4.78, 5) is 0. The van der Waals surface area contributed by atoms with Crippen molar-refractivity contribution < 1.29 is 4.39 Å². The molecule has 0 aliphatic rings. The quantitative estimate of drug-likeness (QED) is 0.464. The predicted molar refractivity (Wildman–Crippen MR) is 24.6 cm³/mol. The van der Waals surface area contributed by atoms with E-state index in [2.05, 4.69) is 34.8 Å². The molecule has 0 aliphatic carbocycles. The van der Waals surface area contributed by atoms with Gasteiger partial charge in [-0.15, -0.1) is 0 Å². The molecule has 0 nitrogen and oxygen atoms in total. The molecule has 4 radical (unpaired) electrons. The third-order valence-corrected chi connectivity index (χ3v) is 0. The van der Waals surface area contributed by atoms with Gasteiger partial charge in [0.25, 0.3) is 0 Å². The first-order chi connectivity index (χ1) is 2.00. The molecule has 0 unspecified atom stereocenters. The van der Waals surface area contributed by atoms with E-state index in [1.54, 1.807) is 0 Å². The molecule has 0 amide bonds. The van der Waals surface area contributed by atoms with Gasteiger partial charge in [0.15, 0.2) is 0 Å². The van der Waals surface area contributed by atoms with E-state index < -0.39 is 4.05 Å². The Labute approximate surface area is 51.2 Å². The molecule has 0 rings (SSSR count). The smallest absolute Gasteiger partial charge is 0.189 e. The first-order valence-corrected chi connectivity index (χ1v) is 1.89. The Morgan fingerprint density at radius 1 is 1.17 bits per heavy atom. The molecular weight excluding hydrogens is 149 g/mol. The zero-order chi connectivity index (χ0) is 4.50. The molecule has 0 saturated heterocycles. The van der Waals surface area contributed by atoms with Gasteiger partial charge in [-0.05, 0) is 34.8 Å². The topological polar surface area (TPSA) is 0 Å². The van der Waals surface area contributed by atoms with Crippen molar-refractivity contribution in [3.63, 3.8) is 0 Å². The van der Waals surface area contributed by atoms with Gasteiger partial charge < -0.3 is 0 Å². The molecule has 36 valence electrons. The third-order valence-electron chi connectivity index (χ3n) is 0. The summed E-state index contributed by atoms with van der Waals surface area (Å²) >= 11 is 13.2. The van der Waals surface area contributed by atoms with E-state index in [9.17, 15) is 4.39 Å². The summed E-state index contributed by atoms with van der Waals surface area (Å²) in [6, 6.07) is 0. The first-order valence-electron chi connectivity index (χ1n) is 0.756. The van der Waals surface area contributed by atoms with Crippen LogP contribution in [0.5, 0.6) is 0 Å². The lowest BCUT2D eigenvalue weighted by Gasteiger charge is -1.89. The lowest BCUT2D eigenvalue weighted by atomic mass is 11.7. The zero-order valence-electron chi connectivity index (χ0n) is 2.51. The molecule has 0 spiro atoms. The van der Waals surface area contributed by atoms with Gasteiger partial charge in [-0.2, -0.15) is 4.39 Å². The second-order valence-electron chi connectivity index (χ2n) is 0.429. The zero-order valence-corrected chi connectivity index (χ0v) is 4.78. The van der Waals surface area contributed by atoms with Gasteiger partial charge >= 0.3 is 4.05 Å². The third kappa shape index (κ3) is 108. The molecule has 4 heteroatoms. The van der Waals surface area contributed by atoms with Crippen LogP contribution in [0.1, 0.15) is 0 Å². The molecule has 0 atom stereocenters. The minimum absolute atomic E-state index is 0. The molecule has 0 bridgehead atoms. The lowest BCUT2D eigenvalue weighted by Crippen LogP contribution is -1.83. The highest BCUT2D eigenvalue weighted by Crippen LogP contribution is 2.26. The molecular formula is C2Cl3F. The Hall–Kier alpha value is 0.800. The van der Waals surface area contributed by atoms with Crippen LogP contribution in [0.3, 0.4) is 0 Å². The monoisotopic (exact) mass is 148 g/mol. The standard InChI is InChI=1S/CCl3F.C/c2-1(3,4)5;. The van der Waals surface area contributed by atoms with E-state index >= 15 is 0 Å². The van der Waals surface area contributed by atoms with Gasteiger partial charge in [0, 0.05) is 7.43 Å². The van der Waals surface area contributed by atoms with Crippen LogP contribution in [-0.2, 0) is 0 Å². The molecule has 0 fully saturated rings. The highest BCUT2D eigenvalue weighted by molar-refractivity contribution is 6.66. The Morgan fingerprint density at radius 3 is 1.17 bits per heavy atom. The summed E-state index contributed by atoms with van der Waals surface area (Å²) in [5, 5.41) is 0. The molecule has 6 heavy (non-hydrogen) atoms. The van der Waals surface area contributed by atoms with Crippen LogP contribution < -0.4 is 0 Å². The Balaban J connectivity index is 0. The van der Waals surface area contributed by atoms with Crippen LogP contribution >= 0.6 is 34.8 Å². The Bertz CT molecular complexity index is 24.3. The van der Waals surface area contributed by atoms with E-state index in [0.29, 0.717) is 0 Å². The summed E-state index contributed by atoms with van der Waals surface area (Å²) in [7, 11) is 0. The van der Waals surface area contributed by atoms with Crippen molar-refractivity contribution >= 4 is 34.8 Å². The van der Waals surface area contributed by atoms with Gasteiger partial charge in [-0.3, -0.25) is 0 Å². The molecule has 0 heterocycles. The van der Waals surface area contributed by atoms with Crippen molar-refractivity contribution in [2.75, 3.05) is 0 Å². The summed E-state index contributed by atoms with van der Waals surface area (Å²) in [5.74, 6) is 0. The molecule has 0 aromatic carbocycles. The average molecular weight is 149 g/mol. The predicted octanol–water partition coefficient (Wildman–Crippen LogP) is 2.36. The van der Waals surface area contributed by atoms with Crippen LogP contribution in [-0.4, -0.2) is 4.05 Å². The number of rotatable bonds is 0. The highest BCUT2D eigenvalue weighted by Gasteiger charge is 2.14. The van der Waals surface area contributed by atoms with Crippen molar-refractivity contribution in [3.05, 3.63) is 7.43 Å². The van der Waals surface area contributed by atoms with Crippen LogP contribution in [0.2, 0.25) is 0 Å². The number of hydrogen-bond acceptors (Lipinski definition) is 0. The summed E-state index contributed by atoms with van der Waals surface area (Å²) in [5.41, 5.74) is 0. The fourth-order valence-electron chi connectivity index (χ4n) is 0. The van der Waals surface area contributed by atoms with Crippen LogP contribution in [0.4, 0.5) is 4.39 Å². The fourth-order valence-corrected chi connectivity index (χ4v) is 0. The molecule has 0 aromatic heterocycles. The number of hydrogen-bond donors (Lipinski definition) is 0. The van der Waals surface area contributed by atoms with E-state index in [1.165, 1.54) is 0 Å². The maximum absolute atomic E-state index is 11.0. The van der Waals surface area contributed by atoms with Crippen molar-refractivity contribution in [2.45, 2.75) is 4.05 Å². The van der Waals surface area contributed by atoms with Crippen molar-refractivity contribution in [1.29, 1.82) is 0 Å². The van der Waals surface area contributed by atoms with Crippen molar-refractivity contribution in [1.82, 2.24) is 0 Å². The summed E-state index contributed by atoms with van der Waals surface area (Å²) in [6.45, 7) is 0. The average Bonchev–Trinajstić information content (AvgIpc) is 0.722. The maximum Gasteiger partial charge on any atom is 0.333 e. The minimum Gasteiger partial charge on any atom is -0.189 e. The largest absolute Gasteiger partial charge is 0.333 e.